The van der Waals surface area contributed by atoms with Crippen LogP contribution in [-0.2, 0) is 6.42 Å². The number of halogens is 3. The zero-order chi connectivity index (χ0) is 13.1. The van der Waals surface area contributed by atoms with E-state index in [1.165, 1.54) is 24.3 Å². The van der Waals surface area contributed by atoms with Crippen LogP contribution in [0.15, 0.2) is 36.4 Å². The van der Waals surface area contributed by atoms with E-state index >= 15 is 0 Å². The third-order valence-corrected chi connectivity index (χ3v) is 2.88. The van der Waals surface area contributed by atoms with Crippen molar-refractivity contribution < 1.29 is 8.78 Å². The number of benzene rings is 2. The van der Waals surface area contributed by atoms with E-state index in [1.807, 2.05) is 6.07 Å². The summed E-state index contributed by atoms with van der Waals surface area (Å²) in [6.07, 6.45) is -0.00978. The van der Waals surface area contributed by atoms with Crippen molar-refractivity contribution >= 4 is 11.6 Å². The Morgan fingerprint density at radius 1 is 1.17 bits per heavy atom. The summed E-state index contributed by atoms with van der Waals surface area (Å²) in [5.74, 6) is -1.10. The molecule has 1 nitrogen and oxygen atoms in total. The van der Waals surface area contributed by atoms with Crippen LogP contribution in [0.5, 0.6) is 0 Å². The van der Waals surface area contributed by atoms with Crippen LogP contribution in [0.3, 0.4) is 0 Å². The average molecular weight is 264 g/mol. The van der Waals surface area contributed by atoms with Gasteiger partial charge in [0.1, 0.15) is 11.6 Å². The van der Waals surface area contributed by atoms with Gasteiger partial charge in [0.05, 0.1) is 17.5 Å². The molecular weight excluding hydrogens is 256 g/mol. The SMILES string of the molecule is N#CCc1ccc(-c2cccc(Cl)c2F)cc1F. The molecule has 0 aliphatic rings. The lowest BCUT2D eigenvalue weighted by molar-refractivity contribution is 0.614. The minimum absolute atomic E-state index is 0.00555. The molecule has 0 fully saturated rings. The lowest BCUT2D eigenvalue weighted by Crippen LogP contribution is -1.91. The molecule has 0 aliphatic carbocycles. The molecule has 90 valence electrons. The highest BCUT2D eigenvalue weighted by Gasteiger charge is 2.10. The van der Waals surface area contributed by atoms with E-state index in [4.69, 9.17) is 16.9 Å². The van der Waals surface area contributed by atoms with Gasteiger partial charge in [0, 0.05) is 11.1 Å². The highest BCUT2D eigenvalue weighted by molar-refractivity contribution is 6.31. The Bertz CT molecular complexity index is 632. The Balaban J connectivity index is 2.50. The maximum absolute atomic E-state index is 13.8. The van der Waals surface area contributed by atoms with Gasteiger partial charge in [0.15, 0.2) is 0 Å². The Labute approximate surface area is 108 Å². The zero-order valence-electron chi connectivity index (χ0n) is 9.25. The highest BCUT2D eigenvalue weighted by Crippen LogP contribution is 2.28. The van der Waals surface area contributed by atoms with Crippen molar-refractivity contribution in [1.82, 2.24) is 0 Å². The van der Waals surface area contributed by atoms with E-state index in [9.17, 15) is 8.78 Å². The minimum Gasteiger partial charge on any atom is -0.207 e. The van der Waals surface area contributed by atoms with Crippen LogP contribution in [0.2, 0.25) is 5.02 Å². The summed E-state index contributed by atoms with van der Waals surface area (Å²) in [5.41, 5.74) is 0.933. The van der Waals surface area contributed by atoms with E-state index < -0.39 is 11.6 Å². The summed E-state index contributed by atoms with van der Waals surface area (Å²) in [4.78, 5) is 0. The van der Waals surface area contributed by atoms with Crippen molar-refractivity contribution in [3.63, 3.8) is 0 Å². The first kappa shape index (κ1) is 12.5. The van der Waals surface area contributed by atoms with Crippen molar-refractivity contribution in [2.75, 3.05) is 0 Å². The van der Waals surface area contributed by atoms with Gasteiger partial charge in [-0.25, -0.2) is 8.78 Å². The quantitative estimate of drug-likeness (QED) is 0.790. The normalized spacial score (nSPS) is 10.1. The molecule has 4 heteroatoms. The predicted octanol–water partition coefficient (Wildman–Crippen LogP) is 4.35. The van der Waals surface area contributed by atoms with Crippen LogP contribution in [0.25, 0.3) is 11.1 Å². The summed E-state index contributed by atoms with van der Waals surface area (Å²) >= 11 is 5.67. The van der Waals surface area contributed by atoms with Crippen LogP contribution < -0.4 is 0 Å². The minimum atomic E-state index is -0.577. The predicted molar refractivity (Wildman–Crippen MR) is 66.1 cm³/mol. The summed E-state index contributed by atoms with van der Waals surface area (Å²) < 4.78 is 27.4. The van der Waals surface area contributed by atoms with Crippen molar-refractivity contribution in [2.24, 2.45) is 0 Å². The number of nitriles is 1. The van der Waals surface area contributed by atoms with E-state index in [2.05, 4.69) is 0 Å². The van der Waals surface area contributed by atoms with Gasteiger partial charge in [-0.05, 0) is 17.7 Å². The van der Waals surface area contributed by atoms with Gasteiger partial charge in [-0.2, -0.15) is 5.26 Å². The topological polar surface area (TPSA) is 23.8 Å². The van der Waals surface area contributed by atoms with E-state index in [-0.39, 0.29) is 17.0 Å². The lowest BCUT2D eigenvalue weighted by atomic mass is 10.0. The Kier molecular flexibility index (Phi) is 3.59. The number of hydrogen-bond donors (Lipinski definition) is 0. The molecule has 18 heavy (non-hydrogen) atoms. The molecule has 0 N–H and O–H groups in total. The van der Waals surface area contributed by atoms with E-state index in [1.54, 1.807) is 12.1 Å². The van der Waals surface area contributed by atoms with Gasteiger partial charge < -0.3 is 0 Å². The van der Waals surface area contributed by atoms with Gasteiger partial charge in [-0.3, -0.25) is 0 Å². The first-order valence-corrected chi connectivity index (χ1v) is 5.61. The molecule has 0 bridgehead atoms. The fourth-order valence-electron chi connectivity index (χ4n) is 1.67. The third-order valence-electron chi connectivity index (χ3n) is 2.59. The molecule has 0 aromatic heterocycles. The molecule has 0 heterocycles. The summed E-state index contributed by atoms with van der Waals surface area (Å²) in [7, 11) is 0. The van der Waals surface area contributed by atoms with Gasteiger partial charge in [-0.15, -0.1) is 0 Å². The molecule has 2 aromatic carbocycles. The average Bonchev–Trinajstić information content (AvgIpc) is 2.35. The Morgan fingerprint density at radius 3 is 2.61 bits per heavy atom. The lowest BCUT2D eigenvalue weighted by Gasteiger charge is -2.06. The molecule has 0 aliphatic heterocycles. The Hall–Kier alpha value is -1.92. The van der Waals surface area contributed by atoms with Crippen molar-refractivity contribution in [3.05, 3.63) is 58.6 Å². The standard InChI is InChI=1S/C14H8ClF2N/c15-12-3-1-2-11(14(12)17)10-5-4-9(6-7-18)13(16)8-10/h1-5,8H,6H2. The smallest absolute Gasteiger partial charge is 0.149 e. The zero-order valence-corrected chi connectivity index (χ0v) is 10.0. The fraction of sp³-hybridized carbons (Fsp3) is 0.0714. The number of nitrogens with zero attached hydrogens (tertiary/aromatic N) is 1. The summed E-state index contributed by atoms with van der Waals surface area (Å²) in [6, 6.07) is 10.7. The van der Waals surface area contributed by atoms with Crippen LogP contribution >= 0.6 is 11.6 Å². The highest BCUT2D eigenvalue weighted by atomic mass is 35.5. The number of hydrogen-bond acceptors (Lipinski definition) is 1. The largest absolute Gasteiger partial charge is 0.207 e. The van der Waals surface area contributed by atoms with Crippen LogP contribution in [0, 0.1) is 23.0 Å². The van der Waals surface area contributed by atoms with Crippen LogP contribution in [0.1, 0.15) is 5.56 Å². The second-order valence-electron chi connectivity index (χ2n) is 3.74. The van der Waals surface area contributed by atoms with Crippen molar-refractivity contribution in [1.29, 1.82) is 5.26 Å². The summed E-state index contributed by atoms with van der Waals surface area (Å²) in [5, 5.41) is 8.51. The molecule has 0 atom stereocenters. The Morgan fingerprint density at radius 2 is 1.94 bits per heavy atom. The van der Waals surface area contributed by atoms with Crippen LogP contribution in [0.4, 0.5) is 8.78 Å². The third kappa shape index (κ3) is 2.34. The molecule has 0 spiro atoms. The monoisotopic (exact) mass is 263 g/mol. The molecule has 0 saturated heterocycles. The molecule has 0 amide bonds. The maximum Gasteiger partial charge on any atom is 0.149 e. The van der Waals surface area contributed by atoms with E-state index in [0.29, 0.717) is 11.1 Å². The first-order valence-electron chi connectivity index (χ1n) is 5.23. The molecule has 2 aromatic rings. The fourth-order valence-corrected chi connectivity index (χ4v) is 1.84. The van der Waals surface area contributed by atoms with Gasteiger partial charge in [-0.1, -0.05) is 35.9 Å². The van der Waals surface area contributed by atoms with Gasteiger partial charge in [0.25, 0.3) is 0 Å². The van der Waals surface area contributed by atoms with Crippen molar-refractivity contribution in [2.45, 2.75) is 6.42 Å². The molecule has 0 unspecified atom stereocenters. The van der Waals surface area contributed by atoms with Crippen LogP contribution in [-0.4, -0.2) is 0 Å². The van der Waals surface area contributed by atoms with Gasteiger partial charge in [0.2, 0.25) is 0 Å². The molecular formula is C14H8ClF2N. The maximum atomic E-state index is 13.8. The van der Waals surface area contributed by atoms with Gasteiger partial charge >= 0.3 is 0 Å². The number of rotatable bonds is 2. The first-order chi connectivity index (χ1) is 8.63. The second-order valence-corrected chi connectivity index (χ2v) is 4.15. The van der Waals surface area contributed by atoms with Crippen molar-refractivity contribution in [3.8, 4) is 17.2 Å². The molecule has 2 rings (SSSR count). The summed E-state index contributed by atoms with van der Waals surface area (Å²) in [6.45, 7) is 0. The molecule has 0 saturated carbocycles. The molecule has 0 radical (unpaired) electrons. The second kappa shape index (κ2) is 5.16. The van der Waals surface area contributed by atoms with E-state index in [0.717, 1.165) is 0 Å².